The molecule has 3 aromatic heterocycles. The number of ketones is 1. The summed E-state index contributed by atoms with van der Waals surface area (Å²) in [6.07, 6.45) is 5.48. The van der Waals surface area contributed by atoms with Gasteiger partial charge in [0, 0.05) is 51.8 Å². The van der Waals surface area contributed by atoms with Gasteiger partial charge in [-0.25, -0.2) is 4.79 Å². The maximum absolute atomic E-state index is 13.2. The highest BCUT2D eigenvalue weighted by Crippen LogP contribution is 2.28. The molecule has 0 aliphatic rings. The quantitative estimate of drug-likeness (QED) is 0.192. The molecule has 0 amide bonds. The van der Waals surface area contributed by atoms with Gasteiger partial charge in [-0.15, -0.1) is 0 Å². The number of H-pyrrole nitrogens is 1. The highest BCUT2D eigenvalue weighted by molar-refractivity contribution is 6.31. The van der Waals surface area contributed by atoms with Crippen LogP contribution in [0.5, 0.6) is 11.5 Å². The summed E-state index contributed by atoms with van der Waals surface area (Å²) in [7, 11) is 0. The van der Waals surface area contributed by atoms with Gasteiger partial charge >= 0.3 is 5.97 Å². The zero-order valence-electron chi connectivity index (χ0n) is 19.5. The summed E-state index contributed by atoms with van der Waals surface area (Å²) in [6.45, 7) is 1.99. The molecule has 0 atom stereocenters. The van der Waals surface area contributed by atoms with Gasteiger partial charge in [0.05, 0.1) is 29.6 Å². The molecule has 0 saturated carbocycles. The zero-order valence-corrected chi connectivity index (χ0v) is 20.2. The maximum Gasteiger partial charge on any atom is 0.340 e. The normalized spacial score (nSPS) is 11.1. The highest BCUT2D eigenvalue weighted by Gasteiger charge is 2.19. The number of Topliss-reactive ketones (excluding diaryl/α,β-unsaturated/α-hetero) is 1. The average Bonchev–Trinajstić information content (AvgIpc) is 3.31. The third-order valence-electron chi connectivity index (χ3n) is 5.76. The van der Waals surface area contributed by atoms with Gasteiger partial charge in [-0.3, -0.25) is 14.8 Å². The first-order chi connectivity index (χ1) is 17.5. The minimum Gasteiger partial charge on any atom is -0.462 e. The van der Waals surface area contributed by atoms with E-state index in [1.807, 2.05) is 24.3 Å². The molecule has 0 unspecified atom stereocenters. The Kier molecular flexibility index (Phi) is 6.64. The monoisotopic (exact) mass is 499 g/mol. The second-order valence-corrected chi connectivity index (χ2v) is 8.60. The lowest BCUT2D eigenvalue weighted by atomic mass is 10.0. The topological polar surface area (TPSA) is 94.2 Å². The van der Waals surface area contributed by atoms with Crippen molar-refractivity contribution in [2.75, 3.05) is 6.61 Å². The van der Waals surface area contributed by atoms with E-state index in [9.17, 15) is 9.59 Å². The molecule has 5 aromatic rings. The molecule has 5 rings (SSSR count). The number of ether oxygens (including phenoxy) is 2. The molecular formula is C28H22ClN3O4. The SMILES string of the molecule is CCOC(=O)c1cc2cc(Cl)ccc2nc1CCC(=O)c1c[nH]c2cc(Oc3cccnc3)ccc12. The number of rotatable bonds is 8. The first kappa shape index (κ1) is 23.5. The first-order valence-electron chi connectivity index (χ1n) is 11.5. The molecule has 0 spiro atoms. The van der Waals surface area contributed by atoms with Crippen molar-refractivity contribution in [3.63, 3.8) is 0 Å². The van der Waals surface area contributed by atoms with Gasteiger partial charge in [0.25, 0.3) is 0 Å². The predicted molar refractivity (Wildman–Crippen MR) is 138 cm³/mol. The summed E-state index contributed by atoms with van der Waals surface area (Å²) in [5.41, 5.74) is 2.91. The molecule has 1 N–H and O–H groups in total. The molecule has 0 bridgehead atoms. The van der Waals surface area contributed by atoms with Gasteiger partial charge in [0.15, 0.2) is 5.78 Å². The van der Waals surface area contributed by atoms with E-state index in [4.69, 9.17) is 21.1 Å². The van der Waals surface area contributed by atoms with Crippen LogP contribution in [0, 0.1) is 0 Å². The van der Waals surface area contributed by atoms with E-state index in [0.717, 1.165) is 16.3 Å². The van der Waals surface area contributed by atoms with Crippen LogP contribution in [0.15, 0.2) is 73.2 Å². The molecule has 8 heteroatoms. The summed E-state index contributed by atoms with van der Waals surface area (Å²) in [5, 5.41) is 2.09. The van der Waals surface area contributed by atoms with Crippen molar-refractivity contribution < 1.29 is 19.1 Å². The summed E-state index contributed by atoms with van der Waals surface area (Å²) in [4.78, 5) is 37.6. The molecule has 0 radical (unpaired) electrons. The number of pyridine rings is 2. The number of aromatic nitrogens is 3. The van der Waals surface area contributed by atoms with E-state index in [1.54, 1.807) is 55.8 Å². The van der Waals surface area contributed by atoms with E-state index in [0.29, 0.717) is 45.3 Å². The lowest BCUT2D eigenvalue weighted by molar-refractivity contribution is 0.0524. The Morgan fingerprint density at radius 1 is 1.03 bits per heavy atom. The summed E-state index contributed by atoms with van der Waals surface area (Å²) >= 11 is 6.11. The van der Waals surface area contributed by atoms with Crippen molar-refractivity contribution in [2.45, 2.75) is 19.8 Å². The number of hydrogen-bond acceptors (Lipinski definition) is 6. The van der Waals surface area contributed by atoms with Crippen molar-refractivity contribution >= 4 is 45.2 Å². The summed E-state index contributed by atoms with van der Waals surface area (Å²) in [5.74, 6) is 0.732. The predicted octanol–water partition coefficient (Wildman–Crippen LogP) is 6.55. The number of fused-ring (bicyclic) bond motifs is 2. The summed E-state index contributed by atoms with van der Waals surface area (Å²) in [6, 6.07) is 16.1. The number of aryl methyl sites for hydroxylation is 1. The molecule has 180 valence electrons. The second kappa shape index (κ2) is 10.2. The Balaban J connectivity index is 1.37. The van der Waals surface area contributed by atoms with Gasteiger partial charge in [-0.2, -0.15) is 0 Å². The number of benzene rings is 2. The van der Waals surface area contributed by atoms with Gasteiger partial charge in [0.1, 0.15) is 11.5 Å². The van der Waals surface area contributed by atoms with Crippen molar-refractivity contribution in [3.05, 3.63) is 95.0 Å². The third-order valence-corrected chi connectivity index (χ3v) is 6.00. The smallest absolute Gasteiger partial charge is 0.340 e. The van der Waals surface area contributed by atoms with E-state index in [2.05, 4.69) is 15.0 Å². The lowest BCUT2D eigenvalue weighted by Gasteiger charge is -2.10. The Morgan fingerprint density at radius 3 is 2.72 bits per heavy atom. The van der Waals surface area contributed by atoms with E-state index in [1.165, 1.54) is 0 Å². The minimum atomic E-state index is -0.470. The molecule has 0 fully saturated rings. The molecule has 2 aromatic carbocycles. The van der Waals surface area contributed by atoms with E-state index < -0.39 is 5.97 Å². The largest absolute Gasteiger partial charge is 0.462 e. The molecule has 36 heavy (non-hydrogen) atoms. The minimum absolute atomic E-state index is 0.0602. The van der Waals surface area contributed by atoms with Crippen LogP contribution in [0.25, 0.3) is 21.8 Å². The number of carbonyl (C=O) groups is 2. The number of esters is 1. The van der Waals surface area contributed by atoms with Gasteiger partial charge < -0.3 is 14.5 Å². The standard InChI is InChI=1S/C28H22ClN3O4/c1-2-35-28(34)22-13-17-12-18(29)5-8-24(17)32-25(22)9-10-27(33)23-16-31-26-14-19(6-7-21(23)26)36-20-4-3-11-30-15-20/h3-8,11-16,31H,2,9-10H2,1H3. The van der Waals surface area contributed by atoms with Crippen LogP contribution in [-0.2, 0) is 11.2 Å². The molecule has 0 saturated heterocycles. The first-order valence-corrected chi connectivity index (χ1v) is 11.9. The van der Waals surface area contributed by atoms with Crippen LogP contribution < -0.4 is 4.74 Å². The fraction of sp³-hybridized carbons (Fsp3) is 0.143. The number of nitrogens with one attached hydrogen (secondary N) is 1. The van der Waals surface area contributed by atoms with Crippen LogP contribution in [0.4, 0.5) is 0 Å². The van der Waals surface area contributed by atoms with Gasteiger partial charge in [-0.1, -0.05) is 11.6 Å². The number of nitrogens with zero attached hydrogens (tertiary/aromatic N) is 2. The van der Waals surface area contributed by atoms with Crippen LogP contribution in [0.2, 0.25) is 5.02 Å². The zero-order chi connectivity index (χ0) is 25.1. The van der Waals surface area contributed by atoms with Crippen LogP contribution in [-0.4, -0.2) is 33.3 Å². The van der Waals surface area contributed by atoms with Crippen molar-refractivity contribution in [2.24, 2.45) is 0 Å². The average molecular weight is 500 g/mol. The Bertz CT molecular complexity index is 1580. The molecular weight excluding hydrogens is 478 g/mol. The van der Waals surface area contributed by atoms with E-state index >= 15 is 0 Å². The second-order valence-electron chi connectivity index (χ2n) is 8.16. The van der Waals surface area contributed by atoms with Crippen LogP contribution in [0.3, 0.4) is 0 Å². The van der Waals surface area contributed by atoms with Crippen molar-refractivity contribution in [3.8, 4) is 11.5 Å². The van der Waals surface area contributed by atoms with Gasteiger partial charge in [-0.05, 0) is 61.9 Å². The number of carbonyl (C=O) groups excluding carboxylic acids is 2. The van der Waals surface area contributed by atoms with Crippen LogP contribution >= 0.6 is 11.6 Å². The maximum atomic E-state index is 13.2. The Labute approximate surface area is 212 Å². The fourth-order valence-corrected chi connectivity index (χ4v) is 4.25. The molecule has 0 aliphatic carbocycles. The van der Waals surface area contributed by atoms with Crippen molar-refractivity contribution in [1.29, 1.82) is 0 Å². The lowest BCUT2D eigenvalue weighted by Crippen LogP contribution is -2.11. The number of halogens is 1. The van der Waals surface area contributed by atoms with Crippen LogP contribution in [0.1, 0.15) is 39.8 Å². The molecule has 3 heterocycles. The highest BCUT2D eigenvalue weighted by atomic mass is 35.5. The van der Waals surface area contributed by atoms with E-state index in [-0.39, 0.29) is 18.8 Å². The number of aromatic amines is 1. The third kappa shape index (κ3) is 4.92. The van der Waals surface area contributed by atoms with Gasteiger partial charge in [0.2, 0.25) is 0 Å². The molecule has 7 nitrogen and oxygen atoms in total. The fourth-order valence-electron chi connectivity index (χ4n) is 4.07. The van der Waals surface area contributed by atoms with Crippen molar-refractivity contribution in [1.82, 2.24) is 15.0 Å². The summed E-state index contributed by atoms with van der Waals surface area (Å²) < 4.78 is 11.1. The Morgan fingerprint density at radius 2 is 1.92 bits per heavy atom. The number of hydrogen-bond donors (Lipinski definition) is 1. The Hall–Kier alpha value is -4.23. The molecule has 0 aliphatic heterocycles.